The summed E-state index contributed by atoms with van der Waals surface area (Å²) in [6.45, 7) is 1.90. The fourth-order valence-corrected chi connectivity index (χ4v) is 5.07. The molecule has 0 aliphatic heterocycles. The van der Waals surface area contributed by atoms with Crippen molar-refractivity contribution in [2.45, 2.75) is 6.92 Å². The molecule has 2 N–H and O–H groups in total. The van der Waals surface area contributed by atoms with Crippen molar-refractivity contribution in [3.05, 3.63) is 133 Å². The van der Waals surface area contributed by atoms with Gasteiger partial charge in [-0.2, -0.15) is 5.10 Å². The third-order valence-electron chi connectivity index (χ3n) is 5.55. The molecule has 0 aromatic heterocycles. The van der Waals surface area contributed by atoms with E-state index in [2.05, 4.69) is 47.7 Å². The summed E-state index contributed by atoms with van der Waals surface area (Å²) >= 11 is 12.7. The Bertz CT molecular complexity index is 1670. The van der Waals surface area contributed by atoms with Crippen LogP contribution in [0.5, 0.6) is 5.75 Å². The summed E-state index contributed by atoms with van der Waals surface area (Å²) in [4.78, 5) is 37.9. The molecule has 41 heavy (non-hydrogen) atoms. The maximum absolute atomic E-state index is 12.8. The number of hydrogen-bond donors (Lipinski definition) is 2. The Kier molecular flexibility index (Phi) is 10.2. The number of halogens is 3. The molecule has 10 heteroatoms. The molecule has 0 aliphatic rings. The number of carbonyl (C=O) groups is 3. The Labute approximate surface area is 258 Å². The van der Waals surface area contributed by atoms with Crippen LogP contribution in [0.15, 0.2) is 105 Å². The van der Waals surface area contributed by atoms with Crippen molar-refractivity contribution in [1.29, 1.82) is 0 Å². The van der Waals surface area contributed by atoms with E-state index in [4.69, 9.17) is 16.3 Å². The number of hydrogen-bond acceptors (Lipinski definition) is 5. The SMILES string of the molecule is Cc1cccc(C(=O)Nc2cccc(C(=O)NN=Cc3cc(Br)cc(Br)c3OC(=O)/C=C/c3ccc(Cl)cc3)c2)c1. The van der Waals surface area contributed by atoms with Gasteiger partial charge in [0.15, 0.2) is 5.75 Å². The Morgan fingerprint density at radius 3 is 2.32 bits per heavy atom. The second-order valence-electron chi connectivity index (χ2n) is 8.72. The van der Waals surface area contributed by atoms with E-state index in [9.17, 15) is 14.4 Å². The largest absolute Gasteiger partial charge is 0.421 e. The molecule has 4 aromatic rings. The standard InChI is InChI=1S/C31H22Br2ClN3O4/c1-19-4-2-5-21(14-19)30(39)36-26-7-3-6-22(16-26)31(40)37-35-18-23-15-24(32)17-27(33)29(23)41-28(38)13-10-20-8-11-25(34)12-9-20/h2-18H,1H3,(H,36,39)(H,37,40)/b13-10+,35-18?. The summed E-state index contributed by atoms with van der Waals surface area (Å²) in [5.41, 5.74) is 5.91. The van der Waals surface area contributed by atoms with Crippen molar-refractivity contribution < 1.29 is 19.1 Å². The Morgan fingerprint density at radius 1 is 0.878 bits per heavy atom. The van der Waals surface area contributed by atoms with Gasteiger partial charge in [0.05, 0.1) is 10.7 Å². The van der Waals surface area contributed by atoms with Crippen molar-refractivity contribution in [3.63, 3.8) is 0 Å². The average molecular weight is 696 g/mol. The van der Waals surface area contributed by atoms with E-state index in [1.54, 1.807) is 84.9 Å². The fourth-order valence-electron chi connectivity index (χ4n) is 3.61. The van der Waals surface area contributed by atoms with E-state index in [0.29, 0.717) is 36.3 Å². The van der Waals surface area contributed by atoms with Crippen LogP contribution >= 0.6 is 43.5 Å². The number of carbonyl (C=O) groups excluding carboxylic acids is 3. The van der Waals surface area contributed by atoms with Crippen LogP contribution in [0.25, 0.3) is 6.08 Å². The first kappa shape index (κ1) is 29.9. The molecule has 0 atom stereocenters. The molecule has 0 saturated carbocycles. The van der Waals surface area contributed by atoms with Gasteiger partial charge in [-0.05, 0) is 89.1 Å². The fraction of sp³-hybridized carbons (Fsp3) is 0.0323. The zero-order valence-electron chi connectivity index (χ0n) is 21.5. The molecule has 0 saturated heterocycles. The molecular formula is C31H22Br2ClN3O4. The van der Waals surface area contributed by atoms with Gasteiger partial charge in [0.2, 0.25) is 0 Å². The zero-order valence-corrected chi connectivity index (χ0v) is 25.5. The van der Waals surface area contributed by atoms with Crippen molar-refractivity contribution in [2.24, 2.45) is 5.10 Å². The summed E-state index contributed by atoms with van der Waals surface area (Å²) in [6.07, 6.45) is 4.27. The van der Waals surface area contributed by atoms with Crippen LogP contribution in [0.4, 0.5) is 5.69 Å². The molecule has 0 unspecified atom stereocenters. The minimum atomic E-state index is -0.605. The van der Waals surface area contributed by atoms with Crippen LogP contribution in [0.3, 0.4) is 0 Å². The second-order valence-corrected chi connectivity index (χ2v) is 10.9. The van der Waals surface area contributed by atoms with Crippen LogP contribution in [0.1, 0.15) is 37.4 Å². The predicted molar refractivity (Wildman–Crippen MR) is 169 cm³/mol. The van der Waals surface area contributed by atoms with Gasteiger partial charge in [-0.15, -0.1) is 0 Å². The maximum atomic E-state index is 12.8. The molecule has 4 rings (SSSR count). The van der Waals surface area contributed by atoms with Gasteiger partial charge in [0.25, 0.3) is 11.8 Å². The molecular weight excluding hydrogens is 674 g/mol. The van der Waals surface area contributed by atoms with Gasteiger partial charge in [-0.25, -0.2) is 10.2 Å². The van der Waals surface area contributed by atoms with Gasteiger partial charge in [0.1, 0.15) is 0 Å². The molecule has 4 aromatic carbocycles. The van der Waals surface area contributed by atoms with Crippen LogP contribution in [0.2, 0.25) is 5.02 Å². The number of aryl methyl sites for hydroxylation is 1. The molecule has 0 aliphatic carbocycles. The number of benzene rings is 4. The molecule has 7 nitrogen and oxygen atoms in total. The number of nitrogens with one attached hydrogen (secondary N) is 2. The second kappa shape index (κ2) is 14.0. The summed E-state index contributed by atoms with van der Waals surface area (Å²) in [6, 6.07) is 24.1. The summed E-state index contributed by atoms with van der Waals surface area (Å²) in [7, 11) is 0. The predicted octanol–water partition coefficient (Wildman–Crippen LogP) is 7.81. The third-order valence-corrected chi connectivity index (χ3v) is 6.85. The molecule has 0 spiro atoms. The van der Waals surface area contributed by atoms with E-state index in [1.807, 2.05) is 13.0 Å². The van der Waals surface area contributed by atoms with Gasteiger partial charge in [-0.1, -0.05) is 63.4 Å². The third kappa shape index (κ3) is 8.72. The lowest BCUT2D eigenvalue weighted by atomic mass is 10.1. The smallest absolute Gasteiger partial charge is 0.336 e. The first-order chi connectivity index (χ1) is 19.7. The monoisotopic (exact) mass is 693 g/mol. The highest BCUT2D eigenvalue weighted by atomic mass is 79.9. The van der Waals surface area contributed by atoms with E-state index in [1.165, 1.54) is 12.3 Å². The van der Waals surface area contributed by atoms with Crippen LogP contribution in [-0.4, -0.2) is 24.0 Å². The van der Waals surface area contributed by atoms with Gasteiger partial charge in [-0.3, -0.25) is 9.59 Å². The first-order valence-corrected chi connectivity index (χ1v) is 14.1. The number of hydrazone groups is 1. The van der Waals surface area contributed by atoms with Crippen LogP contribution < -0.4 is 15.5 Å². The van der Waals surface area contributed by atoms with Crippen molar-refractivity contribution in [2.75, 3.05) is 5.32 Å². The van der Waals surface area contributed by atoms with Crippen molar-refractivity contribution in [3.8, 4) is 5.75 Å². The van der Waals surface area contributed by atoms with Crippen molar-refractivity contribution >= 4 is 79.2 Å². The number of amides is 2. The molecule has 0 fully saturated rings. The molecule has 0 bridgehead atoms. The first-order valence-electron chi connectivity index (χ1n) is 12.1. The van der Waals surface area contributed by atoms with E-state index >= 15 is 0 Å². The summed E-state index contributed by atoms with van der Waals surface area (Å²) in [5.74, 6) is -1.16. The lowest BCUT2D eigenvalue weighted by Crippen LogP contribution is -2.18. The van der Waals surface area contributed by atoms with E-state index in [-0.39, 0.29) is 11.7 Å². The molecule has 0 heterocycles. The van der Waals surface area contributed by atoms with Gasteiger partial charge in [0, 0.05) is 37.9 Å². The topological polar surface area (TPSA) is 96.9 Å². The summed E-state index contributed by atoms with van der Waals surface area (Å²) in [5, 5.41) is 7.43. The van der Waals surface area contributed by atoms with Gasteiger partial charge < -0.3 is 10.1 Å². The number of rotatable bonds is 8. The highest BCUT2D eigenvalue weighted by Crippen LogP contribution is 2.32. The zero-order chi connectivity index (χ0) is 29.4. The Hall–Kier alpha value is -4.05. The minimum Gasteiger partial charge on any atom is -0.421 e. The molecule has 2 amide bonds. The Morgan fingerprint density at radius 2 is 1.59 bits per heavy atom. The summed E-state index contributed by atoms with van der Waals surface area (Å²) < 4.78 is 6.76. The number of anilines is 1. The maximum Gasteiger partial charge on any atom is 0.336 e. The average Bonchev–Trinajstić information content (AvgIpc) is 2.94. The molecule has 206 valence electrons. The number of nitrogens with zero attached hydrogens (tertiary/aromatic N) is 1. The van der Waals surface area contributed by atoms with E-state index < -0.39 is 11.9 Å². The Balaban J connectivity index is 1.43. The van der Waals surface area contributed by atoms with Crippen LogP contribution in [-0.2, 0) is 4.79 Å². The van der Waals surface area contributed by atoms with Gasteiger partial charge >= 0.3 is 5.97 Å². The quantitative estimate of drug-likeness (QED) is 0.0647. The number of ether oxygens (including phenoxy) is 1. The molecule has 0 radical (unpaired) electrons. The normalized spacial score (nSPS) is 11.0. The number of esters is 1. The highest BCUT2D eigenvalue weighted by molar-refractivity contribution is 9.11. The highest BCUT2D eigenvalue weighted by Gasteiger charge is 2.13. The lowest BCUT2D eigenvalue weighted by molar-refractivity contribution is -0.128. The minimum absolute atomic E-state index is 0.220. The van der Waals surface area contributed by atoms with Crippen LogP contribution in [0, 0.1) is 6.92 Å². The lowest BCUT2D eigenvalue weighted by Gasteiger charge is -2.09. The van der Waals surface area contributed by atoms with Crippen molar-refractivity contribution in [1.82, 2.24) is 5.43 Å². The van der Waals surface area contributed by atoms with E-state index in [0.717, 1.165) is 11.1 Å².